The van der Waals surface area contributed by atoms with E-state index in [-0.39, 0.29) is 12.5 Å². The highest BCUT2D eigenvalue weighted by Crippen LogP contribution is 2.15. The van der Waals surface area contributed by atoms with Crippen LogP contribution in [0.25, 0.3) is 0 Å². The summed E-state index contributed by atoms with van der Waals surface area (Å²) < 4.78 is 4.93. The number of amides is 1. The van der Waals surface area contributed by atoms with Gasteiger partial charge in [0.25, 0.3) is 5.91 Å². The first-order valence-corrected chi connectivity index (χ1v) is 7.22. The van der Waals surface area contributed by atoms with Crippen molar-refractivity contribution in [2.24, 2.45) is 0 Å². The summed E-state index contributed by atoms with van der Waals surface area (Å²) in [6, 6.07) is 10.8. The van der Waals surface area contributed by atoms with Gasteiger partial charge in [0, 0.05) is 25.5 Å². The summed E-state index contributed by atoms with van der Waals surface area (Å²) in [6.45, 7) is -0.299. The molecule has 0 aliphatic carbocycles. The predicted molar refractivity (Wildman–Crippen MR) is 84.0 cm³/mol. The van der Waals surface area contributed by atoms with E-state index in [1.165, 1.54) is 11.3 Å². The van der Waals surface area contributed by atoms with Crippen molar-refractivity contribution in [3.63, 3.8) is 0 Å². The van der Waals surface area contributed by atoms with Crippen LogP contribution < -0.4 is 10.2 Å². The van der Waals surface area contributed by atoms with Gasteiger partial charge in [-0.3, -0.25) is 4.79 Å². The van der Waals surface area contributed by atoms with Crippen LogP contribution in [0.3, 0.4) is 0 Å². The quantitative estimate of drug-likeness (QED) is 0.863. The lowest BCUT2D eigenvalue weighted by atomic mass is 10.2. The molecule has 0 bridgehead atoms. The van der Waals surface area contributed by atoms with Gasteiger partial charge in [0.2, 0.25) is 0 Å². The second-order valence-corrected chi connectivity index (χ2v) is 5.49. The Morgan fingerprint density at radius 3 is 2.48 bits per heavy atom. The second-order valence-electron chi connectivity index (χ2n) is 4.54. The van der Waals surface area contributed by atoms with E-state index < -0.39 is 5.97 Å². The molecule has 0 aliphatic heterocycles. The zero-order valence-electron chi connectivity index (χ0n) is 11.8. The lowest BCUT2D eigenvalue weighted by molar-refractivity contribution is -0.119. The first kappa shape index (κ1) is 15.1. The van der Waals surface area contributed by atoms with Crippen LogP contribution in [0.4, 0.5) is 11.4 Å². The van der Waals surface area contributed by atoms with Gasteiger partial charge in [-0.15, -0.1) is 11.3 Å². The molecule has 0 unspecified atom stereocenters. The van der Waals surface area contributed by atoms with Crippen LogP contribution >= 0.6 is 11.3 Å². The topological polar surface area (TPSA) is 58.6 Å². The zero-order chi connectivity index (χ0) is 15.2. The minimum absolute atomic E-state index is 0.299. The average Bonchev–Trinajstić information content (AvgIpc) is 2.99. The predicted octanol–water partition coefficient (Wildman–Crippen LogP) is 2.61. The first-order valence-electron chi connectivity index (χ1n) is 6.34. The SMILES string of the molecule is CN(C)c1ccc(NC(=O)COC(=O)c2cccs2)cc1. The maximum atomic E-state index is 11.7. The molecule has 1 heterocycles. The number of anilines is 2. The number of nitrogens with one attached hydrogen (secondary N) is 1. The third kappa shape index (κ3) is 4.32. The fourth-order valence-electron chi connectivity index (χ4n) is 1.64. The van der Waals surface area contributed by atoms with Crippen molar-refractivity contribution in [2.45, 2.75) is 0 Å². The third-order valence-electron chi connectivity index (χ3n) is 2.72. The molecule has 0 aliphatic rings. The molecule has 0 saturated heterocycles. The zero-order valence-corrected chi connectivity index (χ0v) is 12.6. The summed E-state index contributed by atoms with van der Waals surface area (Å²) in [5, 5.41) is 4.46. The number of carbonyl (C=O) groups is 2. The van der Waals surface area contributed by atoms with Gasteiger partial charge in [-0.2, -0.15) is 0 Å². The van der Waals surface area contributed by atoms with E-state index in [1.807, 2.05) is 31.1 Å². The Hall–Kier alpha value is -2.34. The summed E-state index contributed by atoms with van der Waals surface area (Å²) in [5.41, 5.74) is 1.70. The molecule has 1 N–H and O–H groups in total. The number of rotatable bonds is 5. The molecule has 21 heavy (non-hydrogen) atoms. The van der Waals surface area contributed by atoms with Crippen LogP contribution in [-0.2, 0) is 9.53 Å². The maximum absolute atomic E-state index is 11.7. The summed E-state index contributed by atoms with van der Waals surface area (Å²) >= 11 is 1.28. The first-order chi connectivity index (χ1) is 10.1. The summed E-state index contributed by atoms with van der Waals surface area (Å²) in [4.78, 5) is 25.7. The van der Waals surface area contributed by atoms with Gasteiger partial charge >= 0.3 is 5.97 Å². The Bertz CT molecular complexity index is 606. The van der Waals surface area contributed by atoms with Crippen LogP contribution in [0.15, 0.2) is 41.8 Å². The fourth-order valence-corrected chi connectivity index (χ4v) is 2.25. The van der Waals surface area contributed by atoms with Crippen molar-refractivity contribution in [3.8, 4) is 0 Å². The molecule has 6 heteroatoms. The van der Waals surface area contributed by atoms with Crippen molar-refractivity contribution in [1.29, 1.82) is 0 Å². The number of nitrogens with zero attached hydrogens (tertiary/aromatic N) is 1. The summed E-state index contributed by atoms with van der Waals surface area (Å²) in [6.07, 6.45) is 0. The number of carbonyl (C=O) groups excluding carboxylic acids is 2. The van der Waals surface area contributed by atoms with Crippen molar-refractivity contribution in [3.05, 3.63) is 46.7 Å². The van der Waals surface area contributed by atoms with Gasteiger partial charge in [-0.25, -0.2) is 4.79 Å². The van der Waals surface area contributed by atoms with Crippen LogP contribution in [0, 0.1) is 0 Å². The summed E-state index contributed by atoms with van der Waals surface area (Å²) in [5.74, 6) is -0.847. The third-order valence-corrected chi connectivity index (χ3v) is 3.57. The van der Waals surface area contributed by atoms with Gasteiger partial charge < -0.3 is 15.0 Å². The van der Waals surface area contributed by atoms with Crippen molar-refractivity contribution in [1.82, 2.24) is 0 Å². The Morgan fingerprint density at radius 2 is 1.90 bits per heavy atom. The highest BCUT2D eigenvalue weighted by Gasteiger charge is 2.11. The number of thiophene rings is 1. The normalized spacial score (nSPS) is 10.0. The van der Waals surface area contributed by atoms with E-state index in [2.05, 4.69) is 5.32 Å². The molecule has 2 rings (SSSR count). The van der Waals surface area contributed by atoms with Crippen LogP contribution in [0.5, 0.6) is 0 Å². The molecular weight excluding hydrogens is 288 g/mol. The second kappa shape index (κ2) is 6.90. The highest BCUT2D eigenvalue weighted by molar-refractivity contribution is 7.11. The molecule has 0 atom stereocenters. The number of esters is 1. The lowest BCUT2D eigenvalue weighted by Gasteiger charge is -2.13. The molecule has 0 saturated carbocycles. The smallest absolute Gasteiger partial charge is 0.348 e. The monoisotopic (exact) mass is 304 g/mol. The van der Waals surface area contributed by atoms with E-state index in [0.29, 0.717) is 10.6 Å². The van der Waals surface area contributed by atoms with Crippen LogP contribution in [0.2, 0.25) is 0 Å². The van der Waals surface area contributed by atoms with E-state index in [4.69, 9.17) is 4.74 Å². The molecule has 1 amide bonds. The number of hydrogen-bond donors (Lipinski definition) is 1. The molecule has 1 aromatic carbocycles. The minimum Gasteiger partial charge on any atom is -0.451 e. The van der Waals surface area contributed by atoms with Crippen molar-refractivity contribution in [2.75, 3.05) is 30.9 Å². The lowest BCUT2D eigenvalue weighted by Crippen LogP contribution is -2.20. The van der Waals surface area contributed by atoms with Crippen LogP contribution in [0.1, 0.15) is 9.67 Å². The highest BCUT2D eigenvalue weighted by atomic mass is 32.1. The minimum atomic E-state index is -0.483. The Balaban J connectivity index is 1.83. The van der Waals surface area contributed by atoms with E-state index >= 15 is 0 Å². The average molecular weight is 304 g/mol. The van der Waals surface area contributed by atoms with Gasteiger partial charge in [0.05, 0.1) is 0 Å². The van der Waals surface area contributed by atoms with Gasteiger partial charge in [0.1, 0.15) is 4.88 Å². The molecule has 0 spiro atoms. The Kier molecular flexibility index (Phi) is 4.94. The van der Waals surface area contributed by atoms with E-state index in [1.54, 1.807) is 29.6 Å². The van der Waals surface area contributed by atoms with E-state index in [0.717, 1.165) is 5.69 Å². The van der Waals surface area contributed by atoms with Crippen molar-refractivity contribution >= 4 is 34.6 Å². The summed E-state index contributed by atoms with van der Waals surface area (Å²) in [7, 11) is 3.88. The Labute approximate surface area is 127 Å². The standard InChI is InChI=1S/C15H16N2O3S/c1-17(2)12-7-5-11(6-8-12)16-14(18)10-20-15(19)13-4-3-9-21-13/h3-9H,10H2,1-2H3,(H,16,18). The van der Waals surface area contributed by atoms with Gasteiger partial charge in [-0.05, 0) is 35.7 Å². The Morgan fingerprint density at radius 1 is 1.19 bits per heavy atom. The molecule has 0 fully saturated rings. The van der Waals surface area contributed by atoms with Gasteiger partial charge in [0.15, 0.2) is 6.61 Å². The number of ether oxygens (including phenoxy) is 1. The maximum Gasteiger partial charge on any atom is 0.348 e. The van der Waals surface area contributed by atoms with E-state index in [9.17, 15) is 9.59 Å². The number of hydrogen-bond acceptors (Lipinski definition) is 5. The van der Waals surface area contributed by atoms with Crippen molar-refractivity contribution < 1.29 is 14.3 Å². The molecule has 1 aromatic heterocycles. The molecule has 0 radical (unpaired) electrons. The fraction of sp³-hybridized carbons (Fsp3) is 0.200. The largest absolute Gasteiger partial charge is 0.451 e. The van der Waals surface area contributed by atoms with Crippen LogP contribution in [-0.4, -0.2) is 32.6 Å². The number of benzene rings is 1. The molecule has 5 nitrogen and oxygen atoms in total. The van der Waals surface area contributed by atoms with Gasteiger partial charge in [-0.1, -0.05) is 6.07 Å². The molecule has 110 valence electrons. The molecular formula is C15H16N2O3S. The molecule has 2 aromatic rings.